The lowest BCUT2D eigenvalue weighted by molar-refractivity contribution is -0.121. The molecular formula is C6H10FNO. The Kier molecular flexibility index (Phi) is 1.69. The van der Waals surface area contributed by atoms with Crippen LogP contribution in [-0.4, -0.2) is 18.1 Å². The molecule has 0 aliphatic heterocycles. The van der Waals surface area contributed by atoms with E-state index in [0.717, 1.165) is 0 Å². The number of hydrogen-bond donors (Lipinski definition) is 1. The van der Waals surface area contributed by atoms with Gasteiger partial charge in [-0.3, -0.25) is 4.79 Å². The van der Waals surface area contributed by atoms with Crippen molar-refractivity contribution in [2.75, 3.05) is 0 Å². The van der Waals surface area contributed by atoms with Gasteiger partial charge in [0.25, 0.3) is 0 Å². The first-order valence-corrected chi connectivity index (χ1v) is 3.17. The van der Waals surface area contributed by atoms with Crippen LogP contribution in [0.4, 0.5) is 4.39 Å². The minimum Gasteiger partial charge on any atom is -0.350 e. The second-order valence-corrected chi connectivity index (χ2v) is 2.28. The first kappa shape index (κ1) is 6.52. The summed E-state index contributed by atoms with van der Waals surface area (Å²) in [4.78, 5) is 10.5. The lowest BCUT2D eigenvalue weighted by Crippen LogP contribution is -2.25. The average molecular weight is 131 g/mol. The maximum Gasteiger partial charge on any atom is 0.220 e. The zero-order valence-electron chi connectivity index (χ0n) is 5.36. The van der Waals surface area contributed by atoms with Gasteiger partial charge in [0.2, 0.25) is 5.91 Å². The third-order valence-corrected chi connectivity index (χ3v) is 1.38. The van der Waals surface area contributed by atoms with Gasteiger partial charge < -0.3 is 5.32 Å². The number of nitrogens with one attached hydrogen (secondary N) is 1. The maximum absolute atomic E-state index is 12.1. The van der Waals surface area contributed by atoms with Crippen molar-refractivity contribution < 1.29 is 9.18 Å². The number of hydrogen-bond acceptors (Lipinski definition) is 1. The fourth-order valence-electron chi connectivity index (χ4n) is 0.622. The quantitative estimate of drug-likeness (QED) is 0.585. The minimum absolute atomic E-state index is 0.0554. The van der Waals surface area contributed by atoms with E-state index in [1.807, 2.05) is 0 Å². The molecule has 0 spiro atoms. The van der Waals surface area contributed by atoms with Gasteiger partial charge in [-0.05, 0) is 0 Å². The summed E-state index contributed by atoms with van der Waals surface area (Å²) in [6.07, 6.45) is 0.176. The van der Waals surface area contributed by atoms with Crippen LogP contribution in [0.15, 0.2) is 0 Å². The Labute approximate surface area is 53.4 Å². The molecular weight excluding hydrogens is 121 g/mol. The molecule has 0 bridgehead atoms. The van der Waals surface area contributed by atoms with Crippen LogP contribution in [0.25, 0.3) is 0 Å². The normalized spacial score (nSPS) is 31.8. The fraction of sp³-hybridized carbons (Fsp3) is 0.833. The predicted molar refractivity (Wildman–Crippen MR) is 31.7 cm³/mol. The predicted octanol–water partition coefficient (Wildman–Crippen LogP) is 0.623. The van der Waals surface area contributed by atoms with Crippen molar-refractivity contribution in [3.05, 3.63) is 0 Å². The van der Waals surface area contributed by atoms with Gasteiger partial charge in [-0.15, -0.1) is 0 Å². The molecule has 0 aromatic carbocycles. The SMILES string of the molecule is CCC(=O)N[C@@H]1C[C@@H]1F. The fourth-order valence-corrected chi connectivity index (χ4v) is 0.622. The molecule has 1 aliphatic rings. The van der Waals surface area contributed by atoms with E-state index in [9.17, 15) is 9.18 Å². The molecule has 1 fully saturated rings. The Morgan fingerprint density at radius 2 is 2.44 bits per heavy atom. The van der Waals surface area contributed by atoms with Crippen LogP contribution < -0.4 is 5.32 Å². The van der Waals surface area contributed by atoms with Gasteiger partial charge in [0.1, 0.15) is 6.17 Å². The van der Waals surface area contributed by atoms with E-state index in [2.05, 4.69) is 5.32 Å². The molecule has 0 radical (unpaired) electrons. The van der Waals surface area contributed by atoms with Gasteiger partial charge >= 0.3 is 0 Å². The number of carbonyl (C=O) groups is 1. The first-order chi connectivity index (χ1) is 4.24. The molecule has 0 saturated heterocycles. The van der Waals surface area contributed by atoms with Crippen molar-refractivity contribution in [1.29, 1.82) is 0 Å². The molecule has 0 unspecified atom stereocenters. The van der Waals surface area contributed by atoms with E-state index in [1.54, 1.807) is 6.92 Å². The summed E-state index contributed by atoms with van der Waals surface area (Å²) in [6, 6.07) is -0.169. The van der Waals surface area contributed by atoms with Crippen LogP contribution in [-0.2, 0) is 4.79 Å². The molecule has 9 heavy (non-hydrogen) atoms. The Balaban J connectivity index is 2.12. The zero-order valence-corrected chi connectivity index (χ0v) is 5.36. The summed E-state index contributed by atoms with van der Waals surface area (Å²) in [6.45, 7) is 1.75. The highest BCUT2D eigenvalue weighted by atomic mass is 19.1. The molecule has 52 valence electrons. The Morgan fingerprint density at radius 1 is 1.89 bits per heavy atom. The standard InChI is InChI=1S/C6H10FNO/c1-2-6(9)8-5-3-4(5)7/h4-5H,2-3H2,1H3,(H,8,9)/t4-,5+/m0/s1. The van der Waals surface area contributed by atoms with Crippen molar-refractivity contribution in [2.24, 2.45) is 0 Å². The van der Waals surface area contributed by atoms with Gasteiger partial charge in [-0.2, -0.15) is 0 Å². The molecule has 2 atom stereocenters. The van der Waals surface area contributed by atoms with Gasteiger partial charge in [-0.25, -0.2) is 4.39 Å². The lowest BCUT2D eigenvalue weighted by atomic mass is 10.4. The van der Waals surface area contributed by atoms with Crippen molar-refractivity contribution >= 4 is 5.91 Å². The van der Waals surface area contributed by atoms with E-state index in [1.165, 1.54) is 0 Å². The Morgan fingerprint density at radius 3 is 2.78 bits per heavy atom. The zero-order chi connectivity index (χ0) is 6.85. The number of amides is 1. The highest BCUT2D eigenvalue weighted by Crippen LogP contribution is 2.24. The molecule has 0 aromatic heterocycles. The molecule has 3 heteroatoms. The minimum atomic E-state index is -0.777. The van der Waals surface area contributed by atoms with Crippen molar-refractivity contribution in [1.82, 2.24) is 5.32 Å². The second kappa shape index (κ2) is 2.33. The van der Waals surface area contributed by atoms with Gasteiger partial charge in [-0.1, -0.05) is 6.92 Å². The Bertz CT molecular complexity index is 126. The van der Waals surface area contributed by atoms with E-state index in [0.29, 0.717) is 12.8 Å². The van der Waals surface area contributed by atoms with E-state index >= 15 is 0 Å². The summed E-state index contributed by atoms with van der Waals surface area (Å²) < 4.78 is 12.1. The average Bonchev–Trinajstić information content (AvgIpc) is 2.47. The summed E-state index contributed by atoms with van der Waals surface area (Å²) in [7, 11) is 0. The number of alkyl halides is 1. The van der Waals surface area contributed by atoms with Gasteiger partial charge in [0, 0.05) is 12.8 Å². The molecule has 0 aromatic rings. The maximum atomic E-state index is 12.1. The van der Waals surface area contributed by atoms with Crippen LogP contribution in [0.1, 0.15) is 19.8 Å². The summed E-state index contributed by atoms with van der Waals surface area (Å²) in [5, 5.41) is 2.54. The molecule has 1 rings (SSSR count). The summed E-state index contributed by atoms with van der Waals surface area (Å²) in [5.74, 6) is -0.0554. The largest absolute Gasteiger partial charge is 0.350 e. The van der Waals surface area contributed by atoms with Crippen molar-refractivity contribution in [2.45, 2.75) is 32.0 Å². The second-order valence-electron chi connectivity index (χ2n) is 2.28. The third-order valence-electron chi connectivity index (χ3n) is 1.38. The monoisotopic (exact) mass is 131 g/mol. The molecule has 1 aliphatic carbocycles. The van der Waals surface area contributed by atoms with Crippen LogP contribution >= 0.6 is 0 Å². The summed E-state index contributed by atoms with van der Waals surface area (Å²) in [5.41, 5.74) is 0. The number of rotatable bonds is 2. The highest BCUT2D eigenvalue weighted by Gasteiger charge is 2.38. The first-order valence-electron chi connectivity index (χ1n) is 3.17. The third kappa shape index (κ3) is 1.66. The van der Waals surface area contributed by atoms with Crippen LogP contribution in [0.3, 0.4) is 0 Å². The smallest absolute Gasteiger partial charge is 0.220 e. The van der Waals surface area contributed by atoms with E-state index in [-0.39, 0.29) is 11.9 Å². The number of carbonyl (C=O) groups excluding carboxylic acids is 1. The Hall–Kier alpha value is -0.600. The van der Waals surface area contributed by atoms with Crippen molar-refractivity contribution in [3.63, 3.8) is 0 Å². The molecule has 2 nitrogen and oxygen atoms in total. The molecule has 1 saturated carbocycles. The summed E-state index contributed by atoms with van der Waals surface area (Å²) >= 11 is 0. The lowest BCUT2D eigenvalue weighted by Gasteiger charge is -1.96. The van der Waals surface area contributed by atoms with Crippen LogP contribution in [0.2, 0.25) is 0 Å². The highest BCUT2D eigenvalue weighted by molar-refractivity contribution is 5.76. The molecule has 0 heterocycles. The van der Waals surface area contributed by atoms with Crippen molar-refractivity contribution in [3.8, 4) is 0 Å². The van der Waals surface area contributed by atoms with Crippen LogP contribution in [0, 0.1) is 0 Å². The number of halogens is 1. The van der Waals surface area contributed by atoms with Gasteiger partial charge in [0.15, 0.2) is 0 Å². The van der Waals surface area contributed by atoms with E-state index < -0.39 is 6.17 Å². The topological polar surface area (TPSA) is 29.1 Å². The van der Waals surface area contributed by atoms with Crippen LogP contribution in [0.5, 0.6) is 0 Å². The molecule has 1 amide bonds. The molecule has 1 N–H and O–H groups in total. The van der Waals surface area contributed by atoms with Gasteiger partial charge in [0.05, 0.1) is 6.04 Å². The van der Waals surface area contributed by atoms with E-state index in [4.69, 9.17) is 0 Å².